The van der Waals surface area contributed by atoms with Gasteiger partial charge in [-0.05, 0) is 67.3 Å². The van der Waals surface area contributed by atoms with Gasteiger partial charge in [-0.15, -0.1) is 24.8 Å². The van der Waals surface area contributed by atoms with E-state index in [4.69, 9.17) is 11.6 Å². The molecule has 1 saturated heterocycles. The molecule has 36 heavy (non-hydrogen) atoms. The van der Waals surface area contributed by atoms with Crippen LogP contribution in [0.3, 0.4) is 0 Å². The van der Waals surface area contributed by atoms with E-state index >= 15 is 0 Å². The van der Waals surface area contributed by atoms with Gasteiger partial charge in [-0.1, -0.05) is 35.9 Å². The first-order valence-corrected chi connectivity index (χ1v) is 12.3. The SMILES string of the molecule is Cl.Cl.O=C(O)c1cccnc1N1CCN(CCCN2c3ccccc3CCc3ccc(Cl)cc32)CC1. The summed E-state index contributed by atoms with van der Waals surface area (Å²) in [7, 11) is 0. The number of aromatic carboxylic acids is 1. The predicted octanol–water partition coefficient (Wildman–Crippen LogP) is 5.73. The Kier molecular flexibility index (Phi) is 9.85. The van der Waals surface area contributed by atoms with Crippen molar-refractivity contribution in [3.05, 3.63) is 82.5 Å². The normalized spacial score (nSPS) is 15.1. The van der Waals surface area contributed by atoms with Crippen LogP contribution in [0.15, 0.2) is 60.8 Å². The highest BCUT2D eigenvalue weighted by molar-refractivity contribution is 6.30. The molecule has 0 radical (unpaired) electrons. The molecular weight excluding hydrogens is 519 g/mol. The lowest BCUT2D eigenvalue weighted by Crippen LogP contribution is -2.47. The Morgan fingerprint density at radius 3 is 2.36 bits per heavy atom. The van der Waals surface area contributed by atoms with Crippen LogP contribution in [-0.4, -0.2) is 60.2 Å². The summed E-state index contributed by atoms with van der Waals surface area (Å²) in [6, 6.07) is 18.2. The molecule has 5 rings (SSSR count). The largest absolute Gasteiger partial charge is 0.478 e. The number of aromatic nitrogens is 1. The van der Waals surface area contributed by atoms with Gasteiger partial charge in [-0.2, -0.15) is 0 Å². The van der Waals surface area contributed by atoms with Crippen LogP contribution in [0.25, 0.3) is 0 Å². The summed E-state index contributed by atoms with van der Waals surface area (Å²) in [5.74, 6) is -0.354. The lowest BCUT2D eigenvalue weighted by molar-refractivity contribution is 0.0697. The molecule has 6 nitrogen and oxygen atoms in total. The van der Waals surface area contributed by atoms with Crippen LogP contribution in [-0.2, 0) is 12.8 Å². The summed E-state index contributed by atoms with van der Waals surface area (Å²) in [6.45, 7) is 5.28. The summed E-state index contributed by atoms with van der Waals surface area (Å²) in [5.41, 5.74) is 5.50. The van der Waals surface area contributed by atoms with Crippen LogP contribution in [0.5, 0.6) is 0 Å². The van der Waals surface area contributed by atoms with Gasteiger partial charge in [0.25, 0.3) is 0 Å². The van der Waals surface area contributed by atoms with Gasteiger partial charge in [0.2, 0.25) is 0 Å². The van der Waals surface area contributed by atoms with Gasteiger partial charge < -0.3 is 14.9 Å². The maximum absolute atomic E-state index is 11.6. The number of para-hydroxylation sites is 1. The third kappa shape index (κ3) is 6.06. The average molecular weight is 550 g/mol. The van der Waals surface area contributed by atoms with E-state index in [2.05, 4.69) is 56.1 Å². The Morgan fingerprint density at radius 2 is 1.61 bits per heavy atom. The maximum atomic E-state index is 11.6. The van der Waals surface area contributed by atoms with Crippen molar-refractivity contribution >= 4 is 59.6 Å². The molecule has 192 valence electrons. The summed E-state index contributed by atoms with van der Waals surface area (Å²) in [6.07, 6.45) is 4.75. The highest BCUT2D eigenvalue weighted by Crippen LogP contribution is 2.37. The minimum Gasteiger partial charge on any atom is -0.478 e. The number of carboxylic acid groups (broad SMARTS) is 1. The zero-order valence-corrected chi connectivity index (χ0v) is 22.4. The number of halogens is 3. The van der Waals surface area contributed by atoms with Crippen molar-refractivity contribution in [1.82, 2.24) is 9.88 Å². The zero-order chi connectivity index (χ0) is 23.5. The van der Waals surface area contributed by atoms with Crippen molar-refractivity contribution < 1.29 is 9.90 Å². The number of benzene rings is 2. The van der Waals surface area contributed by atoms with Crippen LogP contribution >= 0.6 is 36.4 Å². The number of carbonyl (C=O) groups is 1. The highest BCUT2D eigenvalue weighted by Gasteiger charge is 2.24. The summed E-state index contributed by atoms with van der Waals surface area (Å²) >= 11 is 6.39. The van der Waals surface area contributed by atoms with E-state index in [1.165, 1.54) is 22.5 Å². The molecule has 1 N–H and O–H groups in total. The van der Waals surface area contributed by atoms with Crippen molar-refractivity contribution in [3.63, 3.8) is 0 Å². The van der Waals surface area contributed by atoms with Crippen molar-refractivity contribution in [3.8, 4) is 0 Å². The second-order valence-electron chi connectivity index (χ2n) is 8.92. The van der Waals surface area contributed by atoms with Gasteiger partial charge in [-0.25, -0.2) is 9.78 Å². The lowest BCUT2D eigenvalue weighted by Gasteiger charge is -2.36. The van der Waals surface area contributed by atoms with Crippen molar-refractivity contribution in [2.75, 3.05) is 49.1 Å². The number of anilines is 3. The van der Waals surface area contributed by atoms with Crippen LogP contribution in [0, 0.1) is 0 Å². The number of fused-ring (bicyclic) bond motifs is 2. The summed E-state index contributed by atoms with van der Waals surface area (Å²) in [4.78, 5) is 22.9. The van der Waals surface area contributed by atoms with E-state index in [0.29, 0.717) is 5.82 Å². The zero-order valence-electron chi connectivity index (χ0n) is 20.0. The van der Waals surface area contributed by atoms with E-state index in [1.54, 1.807) is 18.3 Å². The predicted molar refractivity (Wildman–Crippen MR) is 151 cm³/mol. The number of rotatable bonds is 6. The first-order valence-electron chi connectivity index (χ1n) is 11.9. The minimum absolute atomic E-state index is 0. The number of aryl methyl sites for hydroxylation is 2. The van der Waals surface area contributed by atoms with Gasteiger partial charge in [-0.3, -0.25) is 4.90 Å². The number of piperazine rings is 1. The molecule has 0 aliphatic carbocycles. The number of hydrogen-bond acceptors (Lipinski definition) is 5. The topological polar surface area (TPSA) is 59.9 Å². The average Bonchev–Trinajstić information content (AvgIpc) is 3.01. The molecule has 0 bridgehead atoms. The second kappa shape index (κ2) is 12.6. The molecule has 3 aromatic rings. The lowest BCUT2D eigenvalue weighted by atomic mass is 10.0. The monoisotopic (exact) mass is 548 g/mol. The minimum atomic E-state index is -0.927. The molecule has 0 atom stereocenters. The van der Waals surface area contributed by atoms with E-state index < -0.39 is 5.97 Å². The molecule has 0 unspecified atom stereocenters. The van der Waals surface area contributed by atoms with Crippen LogP contribution in [0.1, 0.15) is 27.9 Å². The third-order valence-corrected chi connectivity index (χ3v) is 7.06. The van der Waals surface area contributed by atoms with E-state index in [9.17, 15) is 9.90 Å². The van der Waals surface area contributed by atoms with E-state index in [1.807, 2.05) is 6.07 Å². The molecule has 2 aliphatic heterocycles. The standard InChI is InChI=1S/C27H29ClN4O2.2ClH/c28-22-11-10-21-9-8-20-5-1-2-7-24(20)32(25(21)19-22)14-4-13-30-15-17-31(18-16-30)26-23(27(33)34)6-3-12-29-26;;/h1-3,5-7,10-12,19H,4,8-9,13-18H2,(H,33,34);2*1H. The molecule has 9 heteroatoms. The molecule has 2 aliphatic rings. The van der Waals surface area contributed by atoms with Crippen molar-refractivity contribution in [2.45, 2.75) is 19.3 Å². The Labute approximate surface area is 229 Å². The summed E-state index contributed by atoms with van der Waals surface area (Å²) in [5, 5.41) is 10.2. The molecule has 0 spiro atoms. The van der Waals surface area contributed by atoms with Gasteiger partial charge in [0.15, 0.2) is 0 Å². The fourth-order valence-corrected chi connectivity index (χ4v) is 5.24. The van der Waals surface area contributed by atoms with Crippen molar-refractivity contribution in [1.29, 1.82) is 0 Å². The number of hydrogen-bond donors (Lipinski definition) is 1. The van der Waals surface area contributed by atoms with E-state index in [-0.39, 0.29) is 30.4 Å². The first-order chi connectivity index (χ1) is 16.6. The number of carboxylic acids is 1. The van der Waals surface area contributed by atoms with Crippen LogP contribution < -0.4 is 9.80 Å². The molecule has 0 amide bonds. The Bertz CT molecular complexity index is 1190. The molecule has 0 saturated carbocycles. The Morgan fingerprint density at radius 1 is 0.889 bits per heavy atom. The first kappa shape index (κ1) is 28.1. The van der Waals surface area contributed by atoms with Gasteiger partial charge in [0, 0.05) is 55.3 Å². The van der Waals surface area contributed by atoms with Gasteiger partial charge in [0.1, 0.15) is 11.4 Å². The van der Waals surface area contributed by atoms with Gasteiger partial charge in [0.05, 0.1) is 0 Å². The summed E-state index contributed by atoms with van der Waals surface area (Å²) < 4.78 is 0. The fraction of sp³-hybridized carbons (Fsp3) is 0.333. The molecule has 1 aromatic heterocycles. The molecular formula is C27H31Cl3N4O2. The molecule has 2 aromatic carbocycles. The molecule has 1 fully saturated rings. The number of nitrogens with zero attached hydrogens (tertiary/aromatic N) is 4. The smallest absolute Gasteiger partial charge is 0.339 e. The van der Waals surface area contributed by atoms with Crippen LogP contribution in [0.2, 0.25) is 5.02 Å². The van der Waals surface area contributed by atoms with Crippen molar-refractivity contribution in [2.24, 2.45) is 0 Å². The quantitative estimate of drug-likeness (QED) is 0.424. The highest BCUT2D eigenvalue weighted by atomic mass is 35.5. The van der Waals surface area contributed by atoms with E-state index in [0.717, 1.165) is 63.6 Å². The molecule has 3 heterocycles. The Balaban J connectivity index is 0.00000180. The number of pyridine rings is 1. The van der Waals surface area contributed by atoms with Gasteiger partial charge >= 0.3 is 5.97 Å². The fourth-order valence-electron chi connectivity index (χ4n) is 5.08. The third-order valence-electron chi connectivity index (χ3n) is 6.83. The Hall–Kier alpha value is -2.51. The maximum Gasteiger partial charge on any atom is 0.339 e. The van der Waals surface area contributed by atoms with Crippen LogP contribution in [0.4, 0.5) is 17.2 Å². The second-order valence-corrected chi connectivity index (χ2v) is 9.35.